The fourth-order valence-electron chi connectivity index (χ4n) is 1.84. The van der Waals surface area contributed by atoms with Gasteiger partial charge in [-0.25, -0.2) is 5.43 Å². The van der Waals surface area contributed by atoms with Crippen LogP contribution < -0.4 is 10.7 Å². The first kappa shape index (κ1) is 15.7. The average Bonchev–Trinajstić information content (AvgIpc) is 2.54. The molecular formula is C17H20N4O. The molecule has 0 bridgehead atoms. The van der Waals surface area contributed by atoms with E-state index < -0.39 is 0 Å². The number of nitrogens with one attached hydrogen (secondary N) is 2. The third kappa shape index (κ3) is 5.75. The molecule has 5 heteroatoms. The topological polar surface area (TPSA) is 66.4 Å². The summed E-state index contributed by atoms with van der Waals surface area (Å²) in [6.07, 6.45) is 6.14. The van der Waals surface area contributed by atoms with E-state index in [1.165, 1.54) is 5.56 Å². The van der Waals surface area contributed by atoms with Crippen molar-refractivity contribution in [3.8, 4) is 0 Å². The van der Waals surface area contributed by atoms with Gasteiger partial charge in [-0.3, -0.25) is 9.78 Å². The Hall–Kier alpha value is -2.69. The molecule has 5 nitrogen and oxygen atoms in total. The van der Waals surface area contributed by atoms with Gasteiger partial charge in [-0.2, -0.15) is 5.10 Å². The van der Waals surface area contributed by atoms with E-state index in [-0.39, 0.29) is 5.91 Å². The number of nitrogens with zero attached hydrogens (tertiary/aromatic N) is 2. The van der Waals surface area contributed by atoms with E-state index >= 15 is 0 Å². The minimum atomic E-state index is -0.0918. The maximum Gasteiger partial charge on any atom is 0.240 e. The number of carbonyl (C=O) groups excluding carboxylic acids is 1. The smallest absolute Gasteiger partial charge is 0.240 e. The molecule has 0 atom stereocenters. The number of anilines is 1. The zero-order chi connectivity index (χ0) is 15.6. The largest absolute Gasteiger partial charge is 0.385 e. The van der Waals surface area contributed by atoms with Crippen molar-refractivity contribution < 1.29 is 4.79 Å². The van der Waals surface area contributed by atoms with Gasteiger partial charge in [0, 0.05) is 36.6 Å². The Bertz CT molecular complexity index is 608. The quantitative estimate of drug-likeness (QED) is 0.469. The zero-order valence-corrected chi connectivity index (χ0v) is 12.6. The summed E-state index contributed by atoms with van der Waals surface area (Å²) in [5.41, 5.74) is 5.67. The Morgan fingerprint density at radius 1 is 1.27 bits per heavy atom. The van der Waals surface area contributed by atoms with E-state index in [9.17, 15) is 4.79 Å². The van der Waals surface area contributed by atoms with Gasteiger partial charge in [0.15, 0.2) is 0 Å². The van der Waals surface area contributed by atoms with Crippen molar-refractivity contribution in [3.05, 3.63) is 59.9 Å². The number of amides is 1. The van der Waals surface area contributed by atoms with Gasteiger partial charge in [0.25, 0.3) is 0 Å². The molecule has 0 fully saturated rings. The summed E-state index contributed by atoms with van der Waals surface area (Å²) in [6, 6.07) is 11.9. The van der Waals surface area contributed by atoms with E-state index in [1.807, 2.05) is 24.3 Å². The number of hydrazone groups is 1. The molecule has 0 radical (unpaired) electrons. The lowest BCUT2D eigenvalue weighted by molar-refractivity contribution is -0.121. The minimum Gasteiger partial charge on any atom is -0.385 e. The predicted octanol–water partition coefficient (Wildman–Crippen LogP) is 2.73. The van der Waals surface area contributed by atoms with Crippen molar-refractivity contribution in [2.75, 3.05) is 11.9 Å². The molecule has 1 aromatic carbocycles. The van der Waals surface area contributed by atoms with E-state index in [4.69, 9.17) is 0 Å². The highest BCUT2D eigenvalue weighted by Gasteiger charge is 1.99. The first-order valence-corrected chi connectivity index (χ1v) is 7.26. The van der Waals surface area contributed by atoms with Crippen LogP contribution in [0.4, 0.5) is 5.69 Å². The lowest BCUT2D eigenvalue weighted by Crippen LogP contribution is -2.18. The summed E-state index contributed by atoms with van der Waals surface area (Å²) < 4.78 is 0. The number of aryl methyl sites for hydroxylation is 1. The second kappa shape index (κ2) is 8.56. The highest BCUT2D eigenvalue weighted by molar-refractivity contribution is 5.81. The highest BCUT2D eigenvalue weighted by Crippen LogP contribution is 2.08. The summed E-state index contributed by atoms with van der Waals surface area (Å²) in [7, 11) is 0. The molecular weight excluding hydrogens is 276 g/mol. The Labute approximate surface area is 130 Å². The van der Waals surface area contributed by atoms with Gasteiger partial charge in [-0.15, -0.1) is 0 Å². The number of rotatable bonds is 7. The van der Waals surface area contributed by atoms with E-state index in [2.05, 4.69) is 39.9 Å². The van der Waals surface area contributed by atoms with Gasteiger partial charge in [0.2, 0.25) is 5.91 Å². The van der Waals surface area contributed by atoms with Crippen molar-refractivity contribution in [1.82, 2.24) is 10.4 Å². The number of hydrogen-bond acceptors (Lipinski definition) is 4. The molecule has 1 amide bonds. The van der Waals surface area contributed by atoms with E-state index in [0.717, 1.165) is 24.2 Å². The van der Waals surface area contributed by atoms with Crippen LogP contribution in [0.1, 0.15) is 24.0 Å². The average molecular weight is 296 g/mol. The number of aromatic nitrogens is 1. The van der Waals surface area contributed by atoms with Crippen LogP contribution in [0.5, 0.6) is 0 Å². The zero-order valence-electron chi connectivity index (χ0n) is 12.6. The van der Waals surface area contributed by atoms with Crippen molar-refractivity contribution >= 4 is 17.8 Å². The fraction of sp³-hybridized carbons (Fsp3) is 0.235. The molecule has 0 aliphatic rings. The second-order valence-electron chi connectivity index (χ2n) is 4.98. The van der Waals surface area contributed by atoms with Gasteiger partial charge < -0.3 is 5.32 Å². The highest BCUT2D eigenvalue weighted by atomic mass is 16.2. The number of benzene rings is 1. The summed E-state index contributed by atoms with van der Waals surface area (Å²) in [5.74, 6) is -0.0918. The van der Waals surface area contributed by atoms with Crippen LogP contribution in [0.15, 0.2) is 53.9 Å². The molecule has 0 aliphatic carbocycles. The SMILES string of the molecule is Cc1ccc(NCCCC(=O)N/N=C\c2cccnc2)cc1. The van der Waals surface area contributed by atoms with Crippen molar-refractivity contribution in [2.45, 2.75) is 19.8 Å². The van der Waals surface area contributed by atoms with Crippen LogP contribution in [0.25, 0.3) is 0 Å². The maximum absolute atomic E-state index is 11.6. The maximum atomic E-state index is 11.6. The fourth-order valence-corrected chi connectivity index (χ4v) is 1.84. The molecule has 0 unspecified atom stereocenters. The van der Waals surface area contributed by atoms with Crippen LogP contribution in [0, 0.1) is 6.92 Å². The van der Waals surface area contributed by atoms with Crippen LogP contribution >= 0.6 is 0 Å². The molecule has 2 N–H and O–H groups in total. The molecule has 2 rings (SSSR count). The minimum absolute atomic E-state index is 0.0918. The normalized spacial score (nSPS) is 10.6. The Balaban J connectivity index is 1.61. The number of carbonyl (C=O) groups is 1. The van der Waals surface area contributed by atoms with E-state index in [1.54, 1.807) is 18.6 Å². The second-order valence-corrected chi connectivity index (χ2v) is 4.98. The number of pyridine rings is 1. The molecule has 22 heavy (non-hydrogen) atoms. The van der Waals surface area contributed by atoms with Crippen molar-refractivity contribution in [2.24, 2.45) is 5.10 Å². The lowest BCUT2D eigenvalue weighted by Gasteiger charge is -2.06. The Morgan fingerprint density at radius 2 is 2.09 bits per heavy atom. The van der Waals surface area contributed by atoms with Gasteiger partial charge in [-0.1, -0.05) is 23.8 Å². The molecule has 0 aliphatic heterocycles. The molecule has 114 valence electrons. The summed E-state index contributed by atoms with van der Waals surface area (Å²) in [4.78, 5) is 15.6. The van der Waals surface area contributed by atoms with Gasteiger partial charge in [-0.05, 0) is 31.5 Å². The van der Waals surface area contributed by atoms with Crippen LogP contribution in [-0.2, 0) is 4.79 Å². The summed E-state index contributed by atoms with van der Waals surface area (Å²) in [5, 5.41) is 7.19. The predicted molar refractivity (Wildman–Crippen MR) is 88.9 cm³/mol. The van der Waals surface area contributed by atoms with Gasteiger partial charge in [0.1, 0.15) is 0 Å². The first-order chi connectivity index (χ1) is 10.7. The van der Waals surface area contributed by atoms with Crippen LogP contribution in [0.2, 0.25) is 0 Å². The van der Waals surface area contributed by atoms with Crippen LogP contribution in [-0.4, -0.2) is 23.7 Å². The Morgan fingerprint density at radius 3 is 2.82 bits per heavy atom. The van der Waals surface area contributed by atoms with Crippen molar-refractivity contribution in [1.29, 1.82) is 0 Å². The monoisotopic (exact) mass is 296 g/mol. The van der Waals surface area contributed by atoms with Gasteiger partial charge in [0.05, 0.1) is 6.21 Å². The summed E-state index contributed by atoms with van der Waals surface area (Å²) in [6.45, 7) is 2.81. The molecule has 1 aromatic heterocycles. The molecule has 1 heterocycles. The standard InChI is InChI=1S/C17H20N4O/c1-14-6-8-16(9-7-14)19-11-3-5-17(22)21-20-13-15-4-2-10-18-12-15/h2,4,6-10,12-13,19H,3,5,11H2,1H3,(H,21,22)/b20-13-. The molecule has 0 saturated heterocycles. The molecule has 2 aromatic rings. The van der Waals surface area contributed by atoms with E-state index in [0.29, 0.717) is 6.42 Å². The molecule has 0 spiro atoms. The third-order valence-corrected chi connectivity index (χ3v) is 3.05. The van der Waals surface area contributed by atoms with Crippen molar-refractivity contribution in [3.63, 3.8) is 0 Å². The number of hydrogen-bond donors (Lipinski definition) is 2. The first-order valence-electron chi connectivity index (χ1n) is 7.26. The summed E-state index contributed by atoms with van der Waals surface area (Å²) >= 11 is 0. The molecule has 0 saturated carbocycles. The Kier molecular flexibility index (Phi) is 6.11. The van der Waals surface area contributed by atoms with Crippen LogP contribution in [0.3, 0.4) is 0 Å². The lowest BCUT2D eigenvalue weighted by atomic mass is 10.2. The van der Waals surface area contributed by atoms with Gasteiger partial charge >= 0.3 is 0 Å². The third-order valence-electron chi connectivity index (χ3n) is 3.05.